The van der Waals surface area contributed by atoms with Gasteiger partial charge in [0.05, 0.1) is 6.61 Å². The van der Waals surface area contributed by atoms with Gasteiger partial charge < -0.3 is 20.3 Å². The van der Waals surface area contributed by atoms with E-state index in [0.29, 0.717) is 6.61 Å². The minimum absolute atomic E-state index is 0.649. The summed E-state index contributed by atoms with van der Waals surface area (Å²) in [6.45, 7) is 5.91. The molecule has 0 amide bonds. The summed E-state index contributed by atoms with van der Waals surface area (Å²) < 4.78 is 5.18. The number of likely N-dealkylation sites (tertiary alicyclic amines) is 1. The largest absolute Gasteiger partial charge is 0.380 e. The molecule has 0 aliphatic carbocycles. The van der Waals surface area contributed by atoms with Crippen molar-refractivity contribution in [3.8, 4) is 0 Å². The standard InChI is InChI=1S/C18H30N4O/c1-19-18(20-9-12-22-10-4-3-5-11-22)21-14-16-7-6-8-17(13-16)15-23-2/h6-8,13H,3-5,9-12,14-15H2,1-2H3,(H2,19,20,21). The topological polar surface area (TPSA) is 48.9 Å². The third-order valence-electron chi connectivity index (χ3n) is 4.16. The first-order valence-corrected chi connectivity index (χ1v) is 8.55. The zero-order chi connectivity index (χ0) is 16.3. The van der Waals surface area contributed by atoms with Crippen LogP contribution in [0.2, 0.25) is 0 Å². The number of ether oxygens (including phenoxy) is 1. The van der Waals surface area contributed by atoms with E-state index in [1.54, 1.807) is 7.11 Å². The van der Waals surface area contributed by atoms with E-state index in [1.807, 2.05) is 7.05 Å². The Bertz CT molecular complexity index is 484. The van der Waals surface area contributed by atoms with E-state index < -0.39 is 0 Å². The molecule has 1 fully saturated rings. The number of guanidine groups is 1. The minimum Gasteiger partial charge on any atom is -0.380 e. The van der Waals surface area contributed by atoms with Crippen molar-refractivity contribution in [1.29, 1.82) is 0 Å². The van der Waals surface area contributed by atoms with Gasteiger partial charge in [-0.3, -0.25) is 4.99 Å². The Morgan fingerprint density at radius 2 is 1.96 bits per heavy atom. The van der Waals surface area contributed by atoms with Crippen LogP contribution in [0, 0.1) is 0 Å². The lowest BCUT2D eigenvalue weighted by atomic mass is 10.1. The van der Waals surface area contributed by atoms with Gasteiger partial charge in [0.1, 0.15) is 0 Å². The summed E-state index contributed by atoms with van der Waals surface area (Å²) in [6.07, 6.45) is 4.06. The highest BCUT2D eigenvalue weighted by atomic mass is 16.5. The molecule has 1 heterocycles. The minimum atomic E-state index is 0.649. The van der Waals surface area contributed by atoms with Gasteiger partial charge in [-0.25, -0.2) is 0 Å². The SMILES string of the molecule is CN=C(NCCN1CCCCC1)NCc1cccc(COC)c1. The second-order valence-electron chi connectivity index (χ2n) is 6.01. The van der Waals surface area contributed by atoms with Gasteiger partial charge in [0.2, 0.25) is 0 Å². The quantitative estimate of drug-likeness (QED) is 0.596. The molecule has 1 aromatic carbocycles. The van der Waals surface area contributed by atoms with Gasteiger partial charge in [0.15, 0.2) is 5.96 Å². The summed E-state index contributed by atoms with van der Waals surface area (Å²) in [5, 5.41) is 6.77. The molecule has 0 radical (unpaired) electrons. The van der Waals surface area contributed by atoms with Crippen LogP contribution in [0.1, 0.15) is 30.4 Å². The predicted molar refractivity (Wildman–Crippen MR) is 95.6 cm³/mol. The van der Waals surface area contributed by atoms with Gasteiger partial charge >= 0.3 is 0 Å². The number of methoxy groups -OCH3 is 1. The van der Waals surface area contributed by atoms with Crippen molar-refractivity contribution in [2.24, 2.45) is 4.99 Å². The molecule has 1 aliphatic heterocycles. The van der Waals surface area contributed by atoms with Crippen LogP contribution in [0.5, 0.6) is 0 Å². The first-order valence-electron chi connectivity index (χ1n) is 8.55. The molecule has 1 aromatic rings. The molecule has 128 valence electrons. The third-order valence-corrected chi connectivity index (χ3v) is 4.16. The molecule has 0 atom stereocenters. The van der Waals surface area contributed by atoms with Crippen LogP contribution < -0.4 is 10.6 Å². The van der Waals surface area contributed by atoms with Gasteiger partial charge in [-0.05, 0) is 37.1 Å². The molecule has 5 heteroatoms. The first-order chi connectivity index (χ1) is 11.3. The fourth-order valence-electron chi connectivity index (χ4n) is 2.92. The fourth-order valence-corrected chi connectivity index (χ4v) is 2.92. The van der Waals surface area contributed by atoms with Crippen LogP contribution >= 0.6 is 0 Å². The number of benzene rings is 1. The van der Waals surface area contributed by atoms with Crippen molar-refractivity contribution >= 4 is 5.96 Å². The summed E-state index contributed by atoms with van der Waals surface area (Å²) in [5.41, 5.74) is 2.43. The maximum absolute atomic E-state index is 5.18. The second-order valence-corrected chi connectivity index (χ2v) is 6.01. The average molecular weight is 318 g/mol. The Labute approximate surface area is 140 Å². The van der Waals surface area contributed by atoms with E-state index in [-0.39, 0.29) is 0 Å². The summed E-state index contributed by atoms with van der Waals surface area (Å²) in [6, 6.07) is 8.43. The molecule has 0 saturated carbocycles. The molecule has 1 saturated heterocycles. The fraction of sp³-hybridized carbons (Fsp3) is 0.611. The van der Waals surface area contributed by atoms with E-state index in [4.69, 9.17) is 4.74 Å². The van der Waals surface area contributed by atoms with Crippen LogP contribution in [0.25, 0.3) is 0 Å². The molecule has 0 aromatic heterocycles. The van der Waals surface area contributed by atoms with Crippen LogP contribution in [-0.2, 0) is 17.9 Å². The lowest BCUT2D eigenvalue weighted by Crippen LogP contribution is -2.42. The highest BCUT2D eigenvalue weighted by Crippen LogP contribution is 2.07. The normalized spacial score (nSPS) is 16.3. The molecule has 2 N–H and O–H groups in total. The Kier molecular flexibility index (Phi) is 7.90. The smallest absolute Gasteiger partial charge is 0.191 e. The molecule has 0 unspecified atom stereocenters. The van der Waals surface area contributed by atoms with E-state index in [0.717, 1.165) is 25.6 Å². The third kappa shape index (κ3) is 6.59. The maximum atomic E-state index is 5.18. The Hall–Kier alpha value is -1.59. The van der Waals surface area contributed by atoms with Crippen molar-refractivity contribution < 1.29 is 4.74 Å². The van der Waals surface area contributed by atoms with Gasteiger partial charge in [0, 0.05) is 33.8 Å². The Morgan fingerprint density at radius 3 is 2.70 bits per heavy atom. The summed E-state index contributed by atoms with van der Waals surface area (Å²) >= 11 is 0. The van der Waals surface area contributed by atoms with Crippen LogP contribution in [-0.4, -0.2) is 51.2 Å². The van der Waals surface area contributed by atoms with Crippen LogP contribution in [0.3, 0.4) is 0 Å². The molecular weight excluding hydrogens is 288 g/mol. The van der Waals surface area contributed by atoms with Gasteiger partial charge in [-0.2, -0.15) is 0 Å². The monoisotopic (exact) mass is 318 g/mol. The number of hydrogen-bond donors (Lipinski definition) is 2. The van der Waals surface area contributed by atoms with Crippen molar-refractivity contribution in [2.75, 3.05) is 40.3 Å². The molecule has 0 spiro atoms. The van der Waals surface area contributed by atoms with E-state index >= 15 is 0 Å². The van der Waals surface area contributed by atoms with Gasteiger partial charge in [0.25, 0.3) is 0 Å². The maximum Gasteiger partial charge on any atom is 0.191 e. The number of nitrogens with zero attached hydrogens (tertiary/aromatic N) is 2. The Balaban J connectivity index is 1.71. The summed E-state index contributed by atoms with van der Waals surface area (Å²) in [7, 11) is 3.54. The predicted octanol–water partition coefficient (Wildman–Crippen LogP) is 1.98. The molecule has 2 rings (SSSR count). The molecule has 23 heavy (non-hydrogen) atoms. The number of rotatable bonds is 7. The summed E-state index contributed by atoms with van der Waals surface area (Å²) in [4.78, 5) is 6.82. The zero-order valence-corrected chi connectivity index (χ0v) is 14.5. The first kappa shape index (κ1) is 17.8. The summed E-state index contributed by atoms with van der Waals surface area (Å²) in [5.74, 6) is 0.860. The average Bonchev–Trinajstić information content (AvgIpc) is 2.59. The number of hydrogen-bond acceptors (Lipinski definition) is 3. The lowest BCUT2D eigenvalue weighted by Gasteiger charge is -2.26. The van der Waals surface area contributed by atoms with Crippen molar-refractivity contribution in [2.45, 2.75) is 32.4 Å². The van der Waals surface area contributed by atoms with E-state index in [2.05, 4.69) is 44.8 Å². The molecule has 1 aliphatic rings. The van der Waals surface area contributed by atoms with Crippen LogP contribution in [0.4, 0.5) is 0 Å². The molecular formula is C18H30N4O. The van der Waals surface area contributed by atoms with Gasteiger partial charge in [-0.15, -0.1) is 0 Å². The highest BCUT2D eigenvalue weighted by Gasteiger charge is 2.09. The van der Waals surface area contributed by atoms with Crippen molar-refractivity contribution in [3.05, 3.63) is 35.4 Å². The van der Waals surface area contributed by atoms with Crippen molar-refractivity contribution in [3.63, 3.8) is 0 Å². The van der Waals surface area contributed by atoms with Gasteiger partial charge in [-0.1, -0.05) is 30.7 Å². The number of piperidine rings is 1. The lowest BCUT2D eigenvalue weighted by molar-refractivity contribution is 0.185. The van der Waals surface area contributed by atoms with Crippen LogP contribution in [0.15, 0.2) is 29.3 Å². The molecule has 5 nitrogen and oxygen atoms in total. The Morgan fingerprint density at radius 1 is 1.17 bits per heavy atom. The molecule has 0 bridgehead atoms. The van der Waals surface area contributed by atoms with Crippen molar-refractivity contribution in [1.82, 2.24) is 15.5 Å². The highest BCUT2D eigenvalue weighted by molar-refractivity contribution is 5.79. The number of nitrogens with one attached hydrogen (secondary N) is 2. The zero-order valence-electron chi connectivity index (χ0n) is 14.5. The van der Waals surface area contributed by atoms with E-state index in [9.17, 15) is 0 Å². The van der Waals surface area contributed by atoms with E-state index in [1.165, 1.54) is 43.5 Å². The second kappa shape index (κ2) is 10.2. The number of aliphatic imine (C=N–C) groups is 1.